The molecule has 0 radical (unpaired) electrons. The van der Waals surface area contributed by atoms with Gasteiger partial charge in [0.25, 0.3) is 0 Å². The van der Waals surface area contributed by atoms with Gasteiger partial charge in [-0.05, 0) is 5.83 Å². The van der Waals surface area contributed by atoms with E-state index in [0.29, 0.717) is 0 Å². The molecule has 2 heteroatoms. The molecular weight excluding hydrogens is 132 g/mol. The molecule has 0 N–H and O–H groups in total. The largest absolute Gasteiger partial charge is 0.388 e. The summed E-state index contributed by atoms with van der Waals surface area (Å²) >= 11 is 2.94. The molecule has 0 fully saturated rings. The minimum absolute atomic E-state index is 1.62. The van der Waals surface area contributed by atoms with Gasteiger partial charge < -0.3 is 4.74 Å². The first-order valence-electron chi connectivity index (χ1n) is 1.19. The molecule has 34 valence electrons. The van der Waals surface area contributed by atoms with Gasteiger partial charge in [-0.2, -0.15) is 0 Å². The Morgan fingerprint density at radius 2 is 1.20 bits per heavy atom. The number of hydrogen-bond acceptors (Lipinski definition) is 1. The maximum Gasteiger partial charge on any atom is 0.0351 e. The molecule has 0 aliphatic rings. The fraction of sp³-hybridized carbons (Fsp3) is 1.00. The lowest BCUT2D eigenvalue weighted by Gasteiger charge is -1.61. The maximum absolute atomic E-state index is 4.25. The summed E-state index contributed by atoms with van der Waals surface area (Å²) in [6, 6.07) is 0. The van der Waals surface area contributed by atoms with E-state index in [2.05, 4.69) is 20.7 Å². The molecule has 0 amide bonds. The first kappa shape index (κ1) is 9.06. The SMILES string of the molecule is CBr.COC. The zero-order valence-electron chi connectivity index (χ0n) is 3.79. The number of alkyl halides is 1. The summed E-state index contributed by atoms with van der Waals surface area (Å²) < 4.78 is 4.25. The molecule has 5 heavy (non-hydrogen) atoms. The van der Waals surface area contributed by atoms with Crippen molar-refractivity contribution < 1.29 is 4.74 Å². The fourth-order valence-corrected chi connectivity index (χ4v) is 0. The first-order chi connectivity index (χ1) is 2.41. The fourth-order valence-electron chi connectivity index (χ4n) is 0. The highest BCUT2D eigenvalue weighted by atomic mass is 79.9. The van der Waals surface area contributed by atoms with E-state index >= 15 is 0 Å². The van der Waals surface area contributed by atoms with E-state index in [0.717, 1.165) is 0 Å². The Hall–Kier alpha value is 0.440. The molecule has 0 aliphatic carbocycles. The van der Waals surface area contributed by atoms with Gasteiger partial charge in [0.1, 0.15) is 0 Å². The van der Waals surface area contributed by atoms with Crippen LogP contribution >= 0.6 is 15.9 Å². The lowest BCUT2D eigenvalue weighted by atomic mass is 11.6. The van der Waals surface area contributed by atoms with E-state index in [9.17, 15) is 0 Å². The third kappa shape index (κ3) is 137. The second kappa shape index (κ2) is 25.3. The zero-order valence-corrected chi connectivity index (χ0v) is 5.37. The summed E-state index contributed by atoms with van der Waals surface area (Å²) in [6.45, 7) is 0. The van der Waals surface area contributed by atoms with Crippen LogP contribution in [-0.4, -0.2) is 20.1 Å². The van der Waals surface area contributed by atoms with Crippen molar-refractivity contribution in [2.24, 2.45) is 0 Å². The minimum Gasteiger partial charge on any atom is -0.388 e. The molecule has 1 nitrogen and oxygen atoms in total. The van der Waals surface area contributed by atoms with Gasteiger partial charge in [0.05, 0.1) is 0 Å². The second-order valence-electron chi connectivity index (χ2n) is 0.408. The third-order valence-corrected chi connectivity index (χ3v) is 0. The summed E-state index contributed by atoms with van der Waals surface area (Å²) in [7, 11) is 3.25. The monoisotopic (exact) mass is 140 g/mol. The predicted molar refractivity (Wildman–Crippen MR) is 27.8 cm³/mol. The number of methoxy groups -OCH3 is 1. The summed E-state index contributed by atoms with van der Waals surface area (Å²) in [6.07, 6.45) is 0. The van der Waals surface area contributed by atoms with Crippen LogP contribution < -0.4 is 0 Å². The normalized spacial score (nSPS) is 4.80. The Balaban J connectivity index is 0. The number of rotatable bonds is 0. The molecular formula is C3H9BrO. The molecule has 0 saturated heterocycles. The highest BCUT2D eigenvalue weighted by molar-refractivity contribution is 9.08. The van der Waals surface area contributed by atoms with Gasteiger partial charge in [-0.25, -0.2) is 0 Å². The standard InChI is InChI=1S/C2H6O.CH3Br/c1-3-2;1-2/h1-2H3;1H3. The van der Waals surface area contributed by atoms with Crippen molar-refractivity contribution in [2.75, 3.05) is 20.1 Å². The van der Waals surface area contributed by atoms with Crippen molar-refractivity contribution in [1.82, 2.24) is 0 Å². The van der Waals surface area contributed by atoms with E-state index in [1.807, 2.05) is 5.83 Å². The molecule has 0 atom stereocenters. The van der Waals surface area contributed by atoms with Crippen molar-refractivity contribution >= 4 is 15.9 Å². The van der Waals surface area contributed by atoms with Gasteiger partial charge in [-0.15, -0.1) is 0 Å². The van der Waals surface area contributed by atoms with Crippen LogP contribution in [0.2, 0.25) is 0 Å². The molecule has 0 rings (SSSR count). The van der Waals surface area contributed by atoms with Gasteiger partial charge in [-0.3, -0.25) is 0 Å². The molecule has 0 aromatic rings. The van der Waals surface area contributed by atoms with E-state index in [1.165, 1.54) is 0 Å². The van der Waals surface area contributed by atoms with Crippen LogP contribution in [0, 0.1) is 0 Å². The number of ether oxygens (including phenoxy) is 1. The van der Waals surface area contributed by atoms with Crippen molar-refractivity contribution in [3.05, 3.63) is 0 Å². The summed E-state index contributed by atoms with van der Waals surface area (Å²) in [5.74, 6) is 1.81. The van der Waals surface area contributed by atoms with Gasteiger partial charge in [0.2, 0.25) is 0 Å². The molecule has 0 spiro atoms. The Bertz CT molecular complexity index is 6.85. The van der Waals surface area contributed by atoms with Crippen LogP contribution in [0.3, 0.4) is 0 Å². The summed E-state index contributed by atoms with van der Waals surface area (Å²) in [4.78, 5) is 0. The highest BCUT2D eigenvalue weighted by Gasteiger charge is 1.25. The van der Waals surface area contributed by atoms with Gasteiger partial charge in [-0.1, -0.05) is 15.9 Å². The van der Waals surface area contributed by atoms with Gasteiger partial charge in [0.15, 0.2) is 0 Å². The molecule has 0 saturated carbocycles. The number of halogens is 1. The van der Waals surface area contributed by atoms with Crippen molar-refractivity contribution in [1.29, 1.82) is 0 Å². The average Bonchev–Trinajstić information content (AvgIpc) is 1.46. The lowest BCUT2D eigenvalue weighted by molar-refractivity contribution is 0.277. The third-order valence-electron chi connectivity index (χ3n) is 0. The van der Waals surface area contributed by atoms with Crippen LogP contribution in [0.25, 0.3) is 0 Å². The van der Waals surface area contributed by atoms with E-state index < -0.39 is 0 Å². The van der Waals surface area contributed by atoms with Crippen molar-refractivity contribution in [3.8, 4) is 0 Å². The minimum atomic E-state index is 1.62. The maximum atomic E-state index is 4.25. The Kier molecular flexibility index (Phi) is 45.9. The molecule has 0 aromatic heterocycles. The second-order valence-corrected chi connectivity index (χ2v) is 0.408. The Labute approximate surface area is 41.5 Å². The Morgan fingerprint density at radius 3 is 1.20 bits per heavy atom. The van der Waals surface area contributed by atoms with Gasteiger partial charge >= 0.3 is 0 Å². The van der Waals surface area contributed by atoms with E-state index in [4.69, 9.17) is 0 Å². The molecule has 0 bridgehead atoms. The molecule has 0 aliphatic heterocycles. The number of hydrogen-bond donors (Lipinski definition) is 0. The topological polar surface area (TPSA) is 9.23 Å². The van der Waals surface area contributed by atoms with Crippen LogP contribution in [-0.2, 0) is 4.74 Å². The van der Waals surface area contributed by atoms with Crippen molar-refractivity contribution in [3.63, 3.8) is 0 Å². The van der Waals surface area contributed by atoms with E-state index in [-0.39, 0.29) is 0 Å². The Morgan fingerprint density at radius 1 is 1.20 bits per heavy atom. The lowest BCUT2D eigenvalue weighted by Crippen LogP contribution is -1.55. The van der Waals surface area contributed by atoms with Crippen LogP contribution in [0.5, 0.6) is 0 Å². The van der Waals surface area contributed by atoms with Crippen LogP contribution in [0.15, 0.2) is 0 Å². The predicted octanol–water partition coefficient (Wildman–Crippen LogP) is 1.27. The first-order valence-corrected chi connectivity index (χ1v) is 2.78. The highest BCUT2D eigenvalue weighted by Crippen LogP contribution is 1.45. The quantitative estimate of drug-likeness (QED) is 0.461. The van der Waals surface area contributed by atoms with Crippen LogP contribution in [0.4, 0.5) is 0 Å². The average molecular weight is 141 g/mol. The van der Waals surface area contributed by atoms with E-state index in [1.54, 1.807) is 14.2 Å². The van der Waals surface area contributed by atoms with Gasteiger partial charge in [0, 0.05) is 14.2 Å². The summed E-state index contributed by atoms with van der Waals surface area (Å²) in [5.41, 5.74) is 0. The molecule has 0 aromatic carbocycles. The molecule has 0 unspecified atom stereocenters. The molecule has 0 heterocycles. The summed E-state index contributed by atoms with van der Waals surface area (Å²) in [5, 5.41) is 0. The van der Waals surface area contributed by atoms with Crippen LogP contribution in [0.1, 0.15) is 0 Å². The van der Waals surface area contributed by atoms with Crippen molar-refractivity contribution in [2.45, 2.75) is 0 Å². The zero-order chi connectivity index (χ0) is 4.71. The smallest absolute Gasteiger partial charge is 0.0351 e.